The highest BCUT2D eigenvalue weighted by Crippen LogP contribution is 2.22. The molecular formula is C16H18N2. The quantitative estimate of drug-likeness (QED) is 0.661. The first kappa shape index (κ1) is 12.4. The van der Waals surface area contributed by atoms with Gasteiger partial charge >= 0.3 is 0 Å². The fourth-order valence-electron chi connectivity index (χ4n) is 1.92. The minimum atomic E-state index is 0.947. The van der Waals surface area contributed by atoms with Crippen LogP contribution in [0.2, 0.25) is 0 Å². The van der Waals surface area contributed by atoms with Crippen molar-refractivity contribution in [2.45, 2.75) is 20.8 Å². The molecular weight excluding hydrogens is 220 g/mol. The average Bonchev–Trinajstić information content (AvgIpc) is 2.87. The largest absolute Gasteiger partial charge is 0.342 e. The van der Waals surface area contributed by atoms with Crippen molar-refractivity contribution in [3.05, 3.63) is 54.5 Å². The highest BCUT2D eigenvalue weighted by Gasteiger charge is 2.01. The van der Waals surface area contributed by atoms with Crippen LogP contribution in [0.3, 0.4) is 0 Å². The van der Waals surface area contributed by atoms with Gasteiger partial charge in [-0.1, -0.05) is 50.2 Å². The van der Waals surface area contributed by atoms with Gasteiger partial charge in [-0.25, -0.2) is 4.98 Å². The fourth-order valence-corrected chi connectivity index (χ4v) is 1.92. The highest BCUT2D eigenvalue weighted by atomic mass is 14.9. The number of imidazole rings is 1. The average molecular weight is 238 g/mol. The summed E-state index contributed by atoms with van der Waals surface area (Å²) >= 11 is 0. The summed E-state index contributed by atoms with van der Waals surface area (Å²) in [7, 11) is 0. The third kappa shape index (κ3) is 2.43. The molecule has 0 bridgehead atoms. The summed E-state index contributed by atoms with van der Waals surface area (Å²) in [5, 5.41) is 2.52. The second-order valence-electron chi connectivity index (χ2n) is 3.94. The van der Waals surface area contributed by atoms with Crippen molar-refractivity contribution in [3.63, 3.8) is 0 Å². The summed E-state index contributed by atoms with van der Waals surface area (Å²) < 4.78 is 0. The zero-order chi connectivity index (χ0) is 13.0. The van der Waals surface area contributed by atoms with E-state index in [0.717, 1.165) is 11.5 Å². The van der Waals surface area contributed by atoms with E-state index < -0.39 is 0 Å². The van der Waals surface area contributed by atoms with Crippen LogP contribution in [0.5, 0.6) is 0 Å². The molecule has 0 radical (unpaired) electrons. The molecule has 1 heterocycles. The lowest BCUT2D eigenvalue weighted by Gasteiger charge is -2.01. The molecule has 0 atom stereocenters. The molecule has 0 saturated heterocycles. The molecule has 0 aliphatic heterocycles. The summed E-state index contributed by atoms with van der Waals surface area (Å²) in [5.74, 6) is 0.947. The van der Waals surface area contributed by atoms with Gasteiger partial charge in [-0.3, -0.25) is 0 Å². The maximum Gasteiger partial charge on any atom is 0.103 e. The van der Waals surface area contributed by atoms with Gasteiger partial charge in [-0.05, 0) is 23.8 Å². The van der Waals surface area contributed by atoms with Crippen molar-refractivity contribution in [2.75, 3.05) is 0 Å². The van der Waals surface area contributed by atoms with E-state index in [2.05, 4.69) is 52.4 Å². The molecule has 3 rings (SSSR count). The van der Waals surface area contributed by atoms with Crippen molar-refractivity contribution in [2.24, 2.45) is 0 Å². The maximum absolute atomic E-state index is 4.22. The normalized spacial score (nSPS) is 9.94. The molecule has 1 aromatic heterocycles. The molecule has 2 heteroatoms. The summed E-state index contributed by atoms with van der Waals surface area (Å²) in [6.07, 6.45) is 1.87. The summed E-state index contributed by atoms with van der Waals surface area (Å²) in [6, 6.07) is 14.8. The lowest BCUT2D eigenvalue weighted by atomic mass is 10.1. The second kappa shape index (κ2) is 5.50. The molecule has 2 aromatic carbocycles. The first-order chi connectivity index (χ1) is 8.83. The van der Waals surface area contributed by atoms with E-state index in [1.54, 1.807) is 0 Å². The van der Waals surface area contributed by atoms with Gasteiger partial charge < -0.3 is 4.98 Å². The van der Waals surface area contributed by atoms with Gasteiger partial charge in [-0.15, -0.1) is 0 Å². The molecule has 0 fully saturated rings. The number of fused-ring (bicyclic) bond motifs is 1. The lowest BCUT2D eigenvalue weighted by Crippen LogP contribution is -1.79. The molecule has 0 unspecified atom stereocenters. The van der Waals surface area contributed by atoms with E-state index >= 15 is 0 Å². The molecule has 2 nitrogen and oxygen atoms in total. The Morgan fingerprint density at radius 3 is 2.33 bits per heavy atom. The topological polar surface area (TPSA) is 28.7 Å². The number of aromatic amines is 1. The van der Waals surface area contributed by atoms with Crippen molar-refractivity contribution < 1.29 is 0 Å². The highest BCUT2D eigenvalue weighted by molar-refractivity contribution is 5.86. The molecule has 0 saturated carbocycles. The minimum Gasteiger partial charge on any atom is -0.342 e. The molecule has 1 N–H and O–H groups in total. The number of aryl methyl sites for hydroxylation is 1. The lowest BCUT2D eigenvalue weighted by molar-refractivity contribution is 1.15. The molecule has 3 aromatic rings. The number of H-pyrrole nitrogens is 1. The molecule has 18 heavy (non-hydrogen) atoms. The Labute approximate surface area is 108 Å². The van der Waals surface area contributed by atoms with Crippen molar-refractivity contribution in [1.29, 1.82) is 0 Å². The number of benzene rings is 2. The van der Waals surface area contributed by atoms with Crippen LogP contribution >= 0.6 is 0 Å². The Kier molecular flexibility index (Phi) is 3.78. The molecule has 0 aliphatic rings. The summed E-state index contributed by atoms with van der Waals surface area (Å²) in [5.41, 5.74) is 2.25. The third-order valence-electron chi connectivity index (χ3n) is 2.76. The van der Waals surface area contributed by atoms with Gasteiger partial charge in [0.2, 0.25) is 0 Å². The van der Waals surface area contributed by atoms with E-state index in [1.165, 1.54) is 16.3 Å². The molecule has 0 spiro atoms. The monoisotopic (exact) mass is 238 g/mol. The van der Waals surface area contributed by atoms with Gasteiger partial charge in [0.25, 0.3) is 0 Å². The summed E-state index contributed by atoms with van der Waals surface area (Å²) in [4.78, 5) is 7.46. The van der Waals surface area contributed by atoms with Crippen LogP contribution in [0.25, 0.3) is 22.0 Å². The number of nitrogens with zero attached hydrogens (tertiary/aromatic N) is 1. The molecule has 92 valence electrons. The third-order valence-corrected chi connectivity index (χ3v) is 2.76. The van der Waals surface area contributed by atoms with Crippen LogP contribution in [-0.4, -0.2) is 9.97 Å². The Bertz CT molecular complexity index is 638. The van der Waals surface area contributed by atoms with Crippen LogP contribution in [0.15, 0.2) is 48.7 Å². The second-order valence-corrected chi connectivity index (χ2v) is 3.94. The van der Waals surface area contributed by atoms with Crippen LogP contribution in [0.1, 0.15) is 19.7 Å². The van der Waals surface area contributed by atoms with Crippen LogP contribution in [-0.2, 0) is 0 Å². The van der Waals surface area contributed by atoms with E-state index in [4.69, 9.17) is 0 Å². The van der Waals surface area contributed by atoms with Gasteiger partial charge in [-0.2, -0.15) is 0 Å². The molecule has 0 aliphatic carbocycles. The van der Waals surface area contributed by atoms with E-state index in [9.17, 15) is 0 Å². The zero-order valence-corrected chi connectivity index (χ0v) is 11.1. The van der Waals surface area contributed by atoms with Crippen LogP contribution in [0.4, 0.5) is 0 Å². The first-order valence-corrected chi connectivity index (χ1v) is 6.34. The van der Waals surface area contributed by atoms with Gasteiger partial charge in [0.15, 0.2) is 0 Å². The van der Waals surface area contributed by atoms with Gasteiger partial charge in [0.1, 0.15) is 5.82 Å². The van der Waals surface area contributed by atoms with Crippen LogP contribution in [0, 0.1) is 6.92 Å². The number of aromatic nitrogens is 2. The fraction of sp³-hybridized carbons (Fsp3) is 0.188. The standard InChI is InChI=1S/C14H12N2.C2H6/c1-10-15-9-14(16-10)13-7-6-11-4-2-3-5-12(11)8-13;1-2/h2-9H,1H3,(H,15,16);1-2H3. The SMILES string of the molecule is CC.Cc1ncc(-c2ccc3ccccc3c2)[nH]1. The number of nitrogens with one attached hydrogen (secondary N) is 1. The van der Waals surface area contributed by atoms with E-state index in [0.29, 0.717) is 0 Å². The Morgan fingerprint density at radius 1 is 0.944 bits per heavy atom. The van der Waals surface area contributed by atoms with Gasteiger partial charge in [0.05, 0.1) is 11.9 Å². The van der Waals surface area contributed by atoms with Crippen LogP contribution < -0.4 is 0 Å². The number of hydrogen-bond donors (Lipinski definition) is 1. The van der Waals surface area contributed by atoms with Crippen molar-refractivity contribution in [1.82, 2.24) is 9.97 Å². The van der Waals surface area contributed by atoms with E-state index in [1.807, 2.05) is 27.0 Å². The summed E-state index contributed by atoms with van der Waals surface area (Å²) in [6.45, 7) is 5.96. The first-order valence-electron chi connectivity index (χ1n) is 6.34. The van der Waals surface area contributed by atoms with Crippen molar-refractivity contribution in [3.8, 4) is 11.3 Å². The maximum atomic E-state index is 4.22. The Hall–Kier alpha value is -2.09. The smallest absolute Gasteiger partial charge is 0.103 e. The predicted octanol–water partition coefficient (Wildman–Crippen LogP) is 4.56. The van der Waals surface area contributed by atoms with Crippen molar-refractivity contribution >= 4 is 10.8 Å². The predicted molar refractivity (Wildman–Crippen MR) is 77.6 cm³/mol. The number of hydrogen-bond acceptors (Lipinski definition) is 1. The zero-order valence-electron chi connectivity index (χ0n) is 11.1. The Morgan fingerprint density at radius 2 is 1.67 bits per heavy atom. The van der Waals surface area contributed by atoms with Gasteiger partial charge in [0, 0.05) is 5.56 Å². The minimum absolute atomic E-state index is 0.947. The number of rotatable bonds is 1. The molecule has 0 amide bonds. The Balaban J connectivity index is 0.000000574. The van der Waals surface area contributed by atoms with E-state index in [-0.39, 0.29) is 0 Å².